The molecule has 3 heterocycles. The summed E-state index contributed by atoms with van der Waals surface area (Å²) in [5.74, 6) is -0.518. The van der Waals surface area contributed by atoms with Crippen LogP contribution in [0.1, 0.15) is 47.7 Å². The average molecular weight is 421 g/mol. The second-order valence-electron chi connectivity index (χ2n) is 7.83. The van der Waals surface area contributed by atoms with Gasteiger partial charge in [0.15, 0.2) is 5.11 Å². The van der Waals surface area contributed by atoms with Crippen molar-refractivity contribution in [2.24, 2.45) is 5.92 Å². The summed E-state index contributed by atoms with van der Waals surface area (Å²) in [6.07, 6.45) is 3.75. The molecule has 1 aromatic carbocycles. The maximum absolute atomic E-state index is 11.5. The molecule has 7 heteroatoms. The minimum absolute atomic E-state index is 0.0710. The number of thiocarbonyl (C=S) groups is 1. The Hall–Kier alpha value is -3.19. The molecule has 0 aliphatic carbocycles. The second-order valence-corrected chi connectivity index (χ2v) is 8.22. The van der Waals surface area contributed by atoms with Crippen molar-refractivity contribution in [3.63, 3.8) is 0 Å². The van der Waals surface area contributed by atoms with Crippen LogP contribution in [-0.4, -0.2) is 37.2 Å². The van der Waals surface area contributed by atoms with Gasteiger partial charge in [-0.15, -0.1) is 0 Å². The minimum atomic E-state index is -0.943. The Morgan fingerprint density at radius 3 is 2.73 bits per heavy atom. The highest BCUT2D eigenvalue weighted by Crippen LogP contribution is 2.39. The fraction of sp³-hybridized carbons (Fsp3) is 0.261. The number of carbonyl (C=O) groups is 1. The van der Waals surface area contributed by atoms with Crippen molar-refractivity contribution in [1.82, 2.24) is 19.8 Å². The summed E-state index contributed by atoms with van der Waals surface area (Å²) in [5.41, 5.74) is 3.01. The fourth-order valence-electron chi connectivity index (χ4n) is 3.98. The van der Waals surface area contributed by atoms with E-state index in [9.17, 15) is 9.90 Å². The molecule has 4 rings (SSSR count). The number of carboxylic acid groups (broad SMARTS) is 1. The van der Waals surface area contributed by atoms with Crippen LogP contribution in [0.5, 0.6) is 0 Å². The first kappa shape index (κ1) is 20.1. The Bertz CT molecular complexity index is 1060. The highest BCUT2D eigenvalue weighted by molar-refractivity contribution is 7.80. The number of pyridine rings is 1. The van der Waals surface area contributed by atoms with E-state index in [1.165, 1.54) is 0 Å². The van der Waals surface area contributed by atoms with Crippen molar-refractivity contribution >= 4 is 23.3 Å². The molecule has 2 atom stereocenters. The predicted octanol–water partition coefficient (Wildman–Crippen LogP) is 4.20. The number of hydrogen-bond acceptors (Lipinski definition) is 3. The molecule has 0 unspecified atom stereocenters. The third-order valence-corrected chi connectivity index (χ3v) is 5.57. The smallest absolute Gasteiger partial charge is 0.335 e. The first-order valence-corrected chi connectivity index (χ1v) is 10.4. The van der Waals surface area contributed by atoms with Gasteiger partial charge in [0, 0.05) is 30.3 Å². The lowest BCUT2D eigenvalue weighted by Crippen LogP contribution is -2.33. The number of nitrogens with one attached hydrogen (secondary N) is 1. The third kappa shape index (κ3) is 3.80. The standard InChI is InChI=1S/C23H24N4O2S/c1-15(2)14-27-21(20(25-23(27)30)18-9-3-4-11-24-18)19-10-6-12-26(19)17-8-5-7-16(13-17)22(28)29/h3-13,15,20-21H,14H2,1-2H3,(H,25,30)(H,28,29)/t20-,21+/m0/s1. The zero-order valence-electron chi connectivity index (χ0n) is 16.9. The van der Waals surface area contributed by atoms with E-state index in [-0.39, 0.29) is 17.6 Å². The molecule has 6 nitrogen and oxygen atoms in total. The van der Waals surface area contributed by atoms with E-state index in [1.807, 2.05) is 41.1 Å². The minimum Gasteiger partial charge on any atom is -0.478 e. The Morgan fingerprint density at radius 2 is 2.03 bits per heavy atom. The van der Waals surface area contributed by atoms with Crippen molar-refractivity contribution in [1.29, 1.82) is 0 Å². The molecule has 1 aliphatic rings. The van der Waals surface area contributed by atoms with Crippen LogP contribution in [0, 0.1) is 5.92 Å². The molecule has 0 amide bonds. The Kier molecular flexibility index (Phi) is 5.55. The number of aromatic nitrogens is 2. The Balaban J connectivity index is 1.81. The van der Waals surface area contributed by atoms with Gasteiger partial charge in [-0.3, -0.25) is 4.98 Å². The second kappa shape index (κ2) is 8.28. The van der Waals surface area contributed by atoms with Gasteiger partial charge in [-0.2, -0.15) is 0 Å². The van der Waals surface area contributed by atoms with Crippen LogP contribution >= 0.6 is 12.2 Å². The van der Waals surface area contributed by atoms with Crippen LogP contribution in [0.4, 0.5) is 0 Å². The van der Waals surface area contributed by atoms with Crippen molar-refractivity contribution in [2.75, 3.05) is 6.54 Å². The first-order valence-electron chi connectivity index (χ1n) is 9.94. The van der Waals surface area contributed by atoms with E-state index < -0.39 is 5.97 Å². The molecule has 0 bridgehead atoms. The number of hydrogen-bond donors (Lipinski definition) is 2. The maximum Gasteiger partial charge on any atom is 0.335 e. The molecular weight excluding hydrogens is 396 g/mol. The van der Waals surface area contributed by atoms with Gasteiger partial charge in [-0.05, 0) is 60.6 Å². The average Bonchev–Trinajstić information content (AvgIpc) is 3.33. The zero-order chi connectivity index (χ0) is 21.3. The first-order chi connectivity index (χ1) is 14.5. The number of benzene rings is 1. The van der Waals surface area contributed by atoms with Crippen molar-refractivity contribution in [3.8, 4) is 5.69 Å². The van der Waals surface area contributed by atoms with Crippen molar-refractivity contribution in [3.05, 3.63) is 83.9 Å². The molecule has 0 saturated carbocycles. The molecule has 3 aromatic rings. The van der Waals surface area contributed by atoms with Crippen molar-refractivity contribution < 1.29 is 9.90 Å². The summed E-state index contributed by atoms with van der Waals surface area (Å²) in [6.45, 7) is 5.15. The predicted molar refractivity (Wildman–Crippen MR) is 120 cm³/mol. The fourth-order valence-corrected chi connectivity index (χ4v) is 4.29. The highest BCUT2D eigenvalue weighted by atomic mass is 32.1. The van der Waals surface area contributed by atoms with E-state index in [2.05, 4.69) is 35.1 Å². The summed E-state index contributed by atoms with van der Waals surface area (Å²) in [6, 6.07) is 16.7. The lowest BCUT2D eigenvalue weighted by Gasteiger charge is -2.30. The van der Waals surface area contributed by atoms with E-state index in [4.69, 9.17) is 12.2 Å². The van der Waals surface area contributed by atoms with E-state index in [1.54, 1.807) is 24.4 Å². The van der Waals surface area contributed by atoms with Crippen LogP contribution in [0.3, 0.4) is 0 Å². The largest absolute Gasteiger partial charge is 0.478 e. The third-order valence-electron chi connectivity index (χ3n) is 5.21. The van der Waals surface area contributed by atoms with Gasteiger partial charge in [0.2, 0.25) is 0 Å². The van der Waals surface area contributed by atoms with E-state index >= 15 is 0 Å². The summed E-state index contributed by atoms with van der Waals surface area (Å²) in [7, 11) is 0. The molecule has 1 saturated heterocycles. The van der Waals surface area contributed by atoms with Gasteiger partial charge < -0.3 is 19.9 Å². The number of carboxylic acids is 1. The molecule has 154 valence electrons. The summed E-state index contributed by atoms with van der Waals surface area (Å²) >= 11 is 5.70. The molecular formula is C23H24N4O2S. The summed E-state index contributed by atoms with van der Waals surface area (Å²) in [4.78, 5) is 18.3. The van der Waals surface area contributed by atoms with Crippen LogP contribution in [-0.2, 0) is 0 Å². The SMILES string of the molecule is CC(C)CN1C(=S)N[C@@H](c2ccccn2)[C@H]1c1cccn1-c1cccc(C(=O)O)c1. The lowest BCUT2D eigenvalue weighted by molar-refractivity contribution is 0.0697. The highest BCUT2D eigenvalue weighted by Gasteiger charge is 2.41. The van der Waals surface area contributed by atoms with Gasteiger partial charge in [0.1, 0.15) is 0 Å². The van der Waals surface area contributed by atoms with Gasteiger partial charge in [-0.1, -0.05) is 26.0 Å². The molecule has 1 fully saturated rings. The quantitative estimate of drug-likeness (QED) is 0.583. The summed E-state index contributed by atoms with van der Waals surface area (Å²) < 4.78 is 2.04. The zero-order valence-corrected chi connectivity index (χ0v) is 17.7. The maximum atomic E-state index is 11.5. The molecule has 30 heavy (non-hydrogen) atoms. The molecule has 2 aromatic heterocycles. The van der Waals surface area contributed by atoms with Gasteiger partial charge >= 0.3 is 5.97 Å². The van der Waals surface area contributed by atoms with Crippen LogP contribution in [0.25, 0.3) is 5.69 Å². The molecule has 2 N–H and O–H groups in total. The topological polar surface area (TPSA) is 70.4 Å². The molecule has 1 aliphatic heterocycles. The normalized spacial score (nSPS) is 18.6. The van der Waals surface area contributed by atoms with Crippen LogP contribution in [0.15, 0.2) is 67.0 Å². The molecule has 0 spiro atoms. The van der Waals surface area contributed by atoms with Gasteiger partial charge in [0.25, 0.3) is 0 Å². The van der Waals surface area contributed by atoms with E-state index in [0.29, 0.717) is 11.0 Å². The Morgan fingerprint density at radius 1 is 1.20 bits per heavy atom. The van der Waals surface area contributed by atoms with Crippen LogP contribution in [0.2, 0.25) is 0 Å². The molecule has 0 radical (unpaired) electrons. The lowest BCUT2D eigenvalue weighted by atomic mass is 10.0. The Labute approximate surface area is 181 Å². The number of nitrogens with zero attached hydrogens (tertiary/aromatic N) is 3. The number of rotatable bonds is 6. The van der Waals surface area contributed by atoms with Gasteiger partial charge in [-0.25, -0.2) is 4.79 Å². The van der Waals surface area contributed by atoms with Crippen molar-refractivity contribution in [2.45, 2.75) is 25.9 Å². The number of aromatic carboxylic acids is 1. The monoisotopic (exact) mass is 420 g/mol. The van der Waals surface area contributed by atoms with Crippen LogP contribution < -0.4 is 5.32 Å². The van der Waals surface area contributed by atoms with E-state index in [0.717, 1.165) is 23.6 Å². The summed E-state index contributed by atoms with van der Waals surface area (Å²) in [5, 5.41) is 13.6. The van der Waals surface area contributed by atoms with Gasteiger partial charge in [0.05, 0.1) is 23.3 Å².